The van der Waals surface area contributed by atoms with E-state index in [1.54, 1.807) is 11.3 Å². The van der Waals surface area contributed by atoms with Crippen LogP contribution in [0.1, 0.15) is 24.3 Å². The molecule has 0 aliphatic rings. The predicted molar refractivity (Wildman–Crippen MR) is 86.6 cm³/mol. The highest BCUT2D eigenvalue weighted by atomic mass is 32.1. The standard InChI is InChI=1S/C17H20N2OS/c1-17(2,16-8-5-11-21-16)13-19-12-14-6-3-4-7-15(14)20-10-9-18/h3-8,11,19H,10,12-13H2,1-2H3. The normalized spacial score (nSPS) is 11.1. The van der Waals surface area contributed by atoms with Gasteiger partial charge in [0.1, 0.15) is 11.8 Å². The lowest BCUT2D eigenvalue weighted by Gasteiger charge is -2.24. The molecule has 0 saturated heterocycles. The molecule has 0 aliphatic carbocycles. The largest absolute Gasteiger partial charge is 0.478 e. The lowest BCUT2D eigenvalue weighted by molar-refractivity contribution is 0.361. The molecule has 0 bridgehead atoms. The fourth-order valence-corrected chi connectivity index (χ4v) is 3.01. The summed E-state index contributed by atoms with van der Waals surface area (Å²) < 4.78 is 5.44. The number of hydrogen-bond donors (Lipinski definition) is 1. The predicted octanol–water partition coefficient (Wildman–Crippen LogP) is 3.72. The zero-order chi connectivity index (χ0) is 15.1. The van der Waals surface area contributed by atoms with Crippen LogP contribution in [0.5, 0.6) is 5.75 Å². The van der Waals surface area contributed by atoms with Crippen molar-refractivity contribution in [1.29, 1.82) is 5.26 Å². The first-order valence-electron chi connectivity index (χ1n) is 6.96. The summed E-state index contributed by atoms with van der Waals surface area (Å²) in [5, 5.41) is 14.2. The summed E-state index contributed by atoms with van der Waals surface area (Å²) in [6, 6.07) is 14.1. The van der Waals surface area contributed by atoms with E-state index in [9.17, 15) is 0 Å². The molecule has 2 aromatic rings. The van der Waals surface area contributed by atoms with Crippen LogP contribution in [-0.2, 0) is 12.0 Å². The van der Waals surface area contributed by atoms with Crippen molar-refractivity contribution in [2.75, 3.05) is 13.2 Å². The van der Waals surface area contributed by atoms with Crippen LogP contribution in [-0.4, -0.2) is 13.2 Å². The molecule has 4 heteroatoms. The number of nitrogens with one attached hydrogen (secondary N) is 1. The fraction of sp³-hybridized carbons (Fsp3) is 0.353. The first kappa shape index (κ1) is 15.6. The Morgan fingerprint density at radius 1 is 1.24 bits per heavy atom. The number of nitriles is 1. The molecular weight excluding hydrogens is 280 g/mol. The zero-order valence-electron chi connectivity index (χ0n) is 12.4. The average molecular weight is 300 g/mol. The molecule has 0 saturated carbocycles. The Labute approximate surface area is 130 Å². The molecule has 0 atom stereocenters. The van der Waals surface area contributed by atoms with E-state index in [2.05, 4.69) is 36.7 Å². The highest BCUT2D eigenvalue weighted by molar-refractivity contribution is 7.10. The molecular formula is C17H20N2OS. The number of nitrogens with zero attached hydrogens (tertiary/aromatic N) is 1. The van der Waals surface area contributed by atoms with Crippen LogP contribution < -0.4 is 10.1 Å². The van der Waals surface area contributed by atoms with Gasteiger partial charge in [-0.3, -0.25) is 0 Å². The van der Waals surface area contributed by atoms with Crippen molar-refractivity contribution in [3.05, 3.63) is 52.2 Å². The summed E-state index contributed by atoms with van der Waals surface area (Å²) in [5.74, 6) is 0.778. The van der Waals surface area contributed by atoms with Crippen molar-refractivity contribution in [2.45, 2.75) is 25.8 Å². The highest BCUT2D eigenvalue weighted by Crippen LogP contribution is 2.27. The van der Waals surface area contributed by atoms with E-state index < -0.39 is 0 Å². The van der Waals surface area contributed by atoms with Crippen LogP contribution in [0, 0.1) is 11.3 Å². The molecule has 1 heterocycles. The topological polar surface area (TPSA) is 45.0 Å². The van der Waals surface area contributed by atoms with Gasteiger partial charge in [0.25, 0.3) is 0 Å². The van der Waals surface area contributed by atoms with Crippen LogP contribution in [0.4, 0.5) is 0 Å². The molecule has 110 valence electrons. The summed E-state index contributed by atoms with van der Waals surface area (Å²) in [5.41, 5.74) is 1.19. The molecule has 21 heavy (non-hydrogen) atoms. The van der Waals surface area contributed by atoms with Gasteiger partial charge in [0.15, 0.2) is 6.61 Å². The molecule has 1 aromatic carbocycles. The zero-order valence-corrected chi connectivity index (χ0v) is 13.2. The lowest BCUT2D eigenvalue weighted by atomic mass is 9.91. The van der Waals surface area contributed by atoms with Crippen LogP contribution >= 0.6 is 11.3 Å². The second kappa shape index (κ2) is 7.26. The molecule has 0 amide bonds. The van der Waals surface area contributed by atoms with Gasteiger partial charge in [-0.15, -0.1) is 11.3 Å². The average Bonchev–Trinajstić information content (AvgIpc) is 3.01. The van der Waals surface area contributed by atoms with Gasteiger partial charge in [-0.2, -0.15) is 5.26 Å². The van der Waals surface area contributed by atoms with E-state index in [4.69, 9.17) is 10.00 Å². The molecule has 0 spiro atoms. The maximum Gasteiger partial charge on any atom is 0.174 e. The molecule has 3 nitrogen and oxygen atoms in total. The van der Waals surface area contributed by atoms with Gasteiger partial charge in [-0.25, -0.2) is 0 Å². The van der Waals surface area contributed by atoms with Gasteiger partial charge in [-0.1, -0.05) is 38.1 Å². The van der Waals surface area contributed by atoms with Gasteiger partial charge in [0.05, 0.1) is 0 Å². The summed E-state index contributed by atoms with van der Waals surface area (Å²) in [6.45, 7) is 6.18. The Balaban J connectivity index is 1.93. The maximum atomic E-state index is 8.62. The van der Waals surface area contributed by atoms with E-state index >= 15 is 0 Å². The minimum atomic E-state index is 0.0811. The molecule has 0 radical (unpaired) electrons. The number of ether oxygens (including phenoxy) is 1. The summed E-state index contributed by atoms with van der Waals surface area (Å²) in [4.78, 5) is 1.38. The van der Waals surface area contributed by atoms with Gasteiger partial charge in [-0.05, 0) is 17.5 Å². The van der Waals surface area contributed by atoms with E-state index in [0.29, 0.717) is 0 Å². The third kappa shape index (κ3) is 4.32. The van der Waals surface area contributed by atoms with Crippen molar-refractivity contribution in [1.82, 2.24) is 5.32 Å². The van der Waals surface area contributed by atoms with E-state index in [-0.39, 0.29) is 12.0 Å². The number of hydrogen-bond acceptors (Lipinski definition) is 4. The van der Waals surface area contributed by atoms with Crippen molar-refractivity contribution in [3.8, 4) is 11.8 Å². The van der Waals surface area contributed by atoms with Crippen LogP contribution in [0.25, 0.3) is 0 Å². The number of para-hydroxylation sites is 1. The minimum absolute atomic E-state index is 0.0811. The quantitative estimate of drug-likeness (QED) is 0.847. The van der Waals surface area contributed by atoms with Gasteiger partial charge in [0, 0.05) is 28.9 Å². The Morgan fingerprint density at radius 3 is 2.76 bits per heavy atom. The Bertz CT molecular complexity index is 600. The number of rotatable bonds is 7. The molecule has 1 aromatic heterocycles. The summed E-state index contributed by atoms with van der Waals surface area (Å²) >= 11 is 1.79. The molecule has 1 N–H and O–H groups in total. The van der Waals surface area contributed by atoms with Gasteiger partial charge in [0.2, 0.25) is 0 Å². The Morgan fingerprint density at radius 2 is 2.05 bits per heavy atom. The van der Waals surface area contributed by atoms with E-state index in [0.717, 1.165) is 24.4 Å². The second-order valence-electron chi connectivity index (χ2n) is 5.52. The first-order valence-corrected chi connectivity index (χ1v) is 7.84. The minimum Gasteiger partial charge on any atom is -0.478 e. The third-order valence-corrected chi connectivity index (χ3v) is 4.57. The third-order valence-electron chi connectivity index (χ3n) is 3.34. The Hall–Kier alpha value is -1.83. The van der Waals surface area contributed by atoms with Crippen LogP contribution in [0.3, 0.4) is 0 Å². The summed E-state index contributed by atoms with van der Waals surface area (Å²) in [6.07, 6.45) is 0. The lowest BCUT2D eigenvalue weighted by Crippen LogP contribution is -2.32. The van der Waals surface area contributed by atoms with Crippen LogP contribution in [0.2, 0.25) is 0 Å². The second-order valence-corrected chi connectivity index (χ2v) is 6.47. The molecule has 0 unspecified atom stereocenters. The Kier molecular flexibility index (Phi) is 5.38. The molecule has 0 aliphatic heterocycles. The van der Waals surface area contributed by atoms with Crippen molar-refractivity contribution < 1.29 is 4.74 Å². The number of thiophene rings is 1. The van der Waals surface area contributed by atoms with Crippen molar-refractivity contribution in [3.63, 3.8) is 0 Å². The smallest absolute Gasteiger partial charge is 0.174 e. The molecule has 2 rings (SSSR count). The fourth-order valence-electron chi connectivity index (χ4n) is 2.16. The maximum absolute atomic E-state index is 8.62. The molecule has 0 fully saturated rings. The SMILES string of the molecule is CC(C)(CNCc1ccccc1OCC#N)c1cccs1. The van der Waals surface area contributed by atoms with Crippen molar-refractivity contribution in [2.24, 2.45) is 0 Å². The monoisotopic (exact) mass is 300 g/mol. The van der Waals surface area contributed by atoms with E-state index in [1.165, 1.54) is 4.88 Å². The van der Waals surface area contributed by atoms with Crippen molar-refractivity contribution >= 4 is 11.3 Å². The van der Waals surface area contributed by atoms with Gasteiger partial charge >= 0.3 is 0 Å². The highest BCUT2D eigenvalue weighted by Gasteiger charge is 2.21. The van der Waals surface area contributed by atoms with E-state index in [1.807, 2.05) is 30.3 Å². The summed E-state index contributed by atoms with van der Waals surface area (Å²) in [7, 11) is 0. The van der Waals surface area contributed by atoms with Crippen LogP contribution in [0.15, 0.2) is 41.8 Å². The van der Waals surface area contributed by atoms with Gasteiger partial charge < -0.3 is 10.1 Å². The first-order chi connectivity index (χ1) is 10.1. The number of benzene rings is 1.